The fraction of sp³-hybridized carbons (Fsp3) is 0.385. The number of benzene rings is 1. The van der Waals surface area contributed by atoms with Crippen LogP contribution in [-0.2, 0) is 9.59 Å². The van der Waals surface area contributed by atoms with Gasteiger partial charge >= 0.3 is 5.97 Å². The molecule has 96 valence electrons. The summed E-state index contributed by atoms with van der Waals surface area (Å²) in [6.45, 7) is 0.761. The molecule has 2 rings (SSSR count). The second-order valence-electron chi connectivity index (χ2n) is 4.24. The summed E-state index contributed by atoms with van der Waals surface area (Å²) < 4.78 is 5.40. The van der Waals surface area contributed by atoms with Gasteiger partial charge in [-0.15, -0.1) is 0 Å². The lowest BCUT2D eigenvalue weighted by atomic mass is 10.3. The Morgan fingerprint density at radius 1 is 1.28 bits per heavy atom. The summed E-state index contributed by atoms with van der Waals surface area (Å²) in [5, 5.41) is 11.4. The molecule has 1 aromatic rings. The molecule has 0 saturated heterocycles. The van der Waals surface area contributed by atoms with E-state index in [1.54, 1.807) is 0 Å². The first-order chi connectivity index (χ1) is 8.68. The third kappa shape index (κ3) is 3.23. The van der Waals surface area contributed by atoms with Crippen LogP contribution in [0, 0.1) is 11.8 Å². The van der Waals surface area contributed by atoms with Crippen LogP contribution in [0.4, 0.5) is 0 Å². The molecular formula is C13H15NO4. The summed E-state index contributed by atoms with van der Waals surface area (Å²) in [7, 11) is 0. The molecule has 0 radical (unpaired) electrons. The van der Waals surface area contributed by atoms with Gasteiger partial charge in [0.1, 0.15) is 12.4 Å². The molecule has 0 heterocycles. The van der Waals surface area contributed by atoms with Crippen molar-refractivity contribution in [3.05, 3.63) is 30.3 Å². The zero-order valence-electron chi connectivity index (χ0n) is 9.83. The minimum Gasteiger partial charge on any atom is -0.492 e. The summed E-state index contributed by atoms with van der Waals surface area (Å²) in [5.41, 5.74) is 0. The van der Waals surface area contributed by atoms with Crippen molar-refractivity contribution in [1.29, 1.82) is 0 Å². The zero-order chi connectivity index (χ0) is 13.0. The van der Waals surface area contributed by atoms with Gasteiger partial charge in [0.05, 0.1) is 18.4 Å². The number of aliphatic carboxylic acids is 1. The number of ether oxygens (including phenoxy) is 1. The van der Waals surface area contributed by atoms with E-state index >= 15 is 0 Å². The van der Waals surface area contributed by atoms with E-state index in [-0.39, 0.29) is 11.8 Å². The van der Waals surface area contributed by atoms with E-state index in [9.17, 15) is 9.59 Å². The molecule has 2 atom stereocenters. The van der Waals surface area contributed by atoms with Gasteiger partial charge in [0.15, 0.2) is 0 Å². The summed E-state index contributed by atoms with van der Waals surface area (Å²) in [4.78, 5) is 22.1. The smallest absolute Gasteiger partial charge is 0.307 e. The number of hydrogen-bond acceptors (Lipinski definition) is 3. The maximum absolute atomic E-state index is 11.5. The number of carboxylic acids is 1. The molecule has 0 aliphatic heterocycles. The molecule has 18 heavy (non-hydrogen) atoms. The highest BCUT2D eigenvalue weighted by Crippen LogP contribution is 2.38. The zero-order valence-corrected chi connectivity index (χ0v) is 9.83. The molecule has 1 aliphatic rings. The average molecular weight is 249 g/mol. The fourth-order valence-corrected chi connectivity index (χ4v) is 1.75. The van der Waals surface area contributed by atoms with E-state index in [1.807, 2.05) is 30.3 Å². The van der Waals surface area contributed by atoms with E-state index in [2.05, 4.69) is 5.32 Å². The third-order valence-electron chi connectivity index (χ3n) is 2.86. The molecule has 5 nitrogen and oxygen atoms in total. The van der Waals surface area contributed by atoms with E-state index in [1.165, 1.54) is 0 Å². The number of para-hydroxylation sites is 1. The third-order valence-corrected chi connectivity index (χ3v) is 2.86. The van der Waals surface area contributed by atoms with Gasteiger partial charge in [-0.2, -0.15) is 0 Å². The van der Waals surface area contributed by atoms with Crippen LogP contribution in [0.2, 0.25) is 0 Å². The first-order valence-electron chi connectivity index (χ1n) is 5.87. The molecule has 1 amide bonds. The minimum atomic E-state index is -0.893. The largest absolute Gasteiger partial charge is 0.492 e. The number of carboxylic acid groups (broad SMARTS) is 1. The van der Waals surface area contributed by atoms with E-state index in [0.29, 0.717) is 19.6 Å². The van der Waals surface area contributed by atoms with Gasteiger partial charge in [-0.1, -0.05) is 18.2 Å². The molecule has 1 aliphatic carbocycles. The van der Waals surface area contributed by atoms with Crippen LogP contribution in [0.15, 0.2) is 30.3 Å². The predicted octanol–water partition coefficient (Wildman–Crippen LogP) is 0.902. The van der Waals surface area contributed by atoms with Gasteiger partial charge in [-0.3, -0.25) is 9.59 Å². The molecule has 1 saturated carbocycles. The Hall–Kier alpha value is -2.04. The maximum atomic E-state index is 11.5. The molecule has 2 N–H and O–H groups in total. The lowest BCUT2D eigenvalue weighted by Gasteiger charge is -2.07. The molecule has 0 aromatic heterocycles. The Morgan fingerprint density at radius 2 is 2.00 bits per heavy atom. The molecular weight excluding hydrogens is 234 g/mol. The van der Waals surface area contributed by atoms with Crippen LogP contribution in [0.1, 0.15) is 6.42 Å². The highest BCUT2D eigenvalue weighted by atomic mass is 16.5. The number of nitrogens with one attached hydrogen (secondary N) is 1. The molecule has 5 heteroatoms. The van der Waals surface area contributed by atoms with Crippen LogP contribution in [-0.4, -0.2) is 30.1 Å². The van der Waals surface area contributed by atoms with Crippen molar-refractivity contribution in [1.82, 2.24) is 5.32 Å². The highest BCUT2D eigenvalue weighted by Gasteiger charge is 2.48. The Balaban J connectivity index is 1.62. The van der Waals surface area contributed by atoms with Gasteiger partial charge in [0.2, 0.25) is 5.91 Å². The van der Waals surface area contributed by atoms with Crippen molar-refractivity contribution >= 4 is 11.9 Å². The Labute approximate surface area is 105 Å². The van der Waals surface area contributed by atoms with Gasteiger partial charge in [-0.05, 0) is 18.6 Å². The number of carbonyl (C=O) groups is 2. The first-order valence-corrected chi connectivity index (χ1v) is 5.87. The van der Waals surface area contributed by atoms with Crippen LogP contribution < -0.4 is 10.1 Å². The lowest BCUT2D eigenvalue weighted by Crippen LogP contribution is -2.30. The Bertz CT molecular complexity index is 432. The summed E-state index contributed by atoms with van der Waals surface area (Å²) >= 11 is 0. The summed E-state index contributed by atoms with van der Waals surface area (Å²) in [6, 6.07) is 9.31. The molecule has 0 spiro atoms. The topological polar surface area (TPSA) is 75.6 Å². The van der Waals surface area contributed by atoms with Crippen molar-refractivity contribution in [2.75, 3.05) is 13.2 Å². The molecule has 1 aromatic carbocycles. The number of amides is 1. The number of hydrogen-bond donors (Lipinski definition) is 2. The van der Waals surface area contributed by atoms with Crippen molar-refractivity contribution in [2.45, 2.75) is 6.42 Å². The Morgan fingerprint density at radius 3 is 2.61 bits per heavy atom. The van der Waals surface area contributed by atoms with Crippen molar-refractivity contribution in [3.63, 3.8) is 0 Å². The van der Waals surface area contributed by atoms with E-state index in [4.69, 9.17) is 9.84 Å². The van der Waals surface area contributed by atoms with Gasteiger partial charge in [-0.25, -0.2) is 0 Å². The summed E-state index contributed by atoms with van der Waals surface area (Å²) in [6.07, 6.45) is 0.445. The second-order valence-corrected chi connectivity index (χ2v) is 4.24. The van der Waals surface area contributed by atoms with E-state index in [0.717, 1.165) is 5.75 Å². The molecule has 0 bridgehead atoms. The van der Waals surface area contributed by atoms with Crippen LogP contribution >= 0.6 is 0 Å². The predicted molar refractivity (Wildman–Crippen MR) is 64.2 cm³/mol. The van der Waals surface area contributed by atoms with Crippen LogP contribution in [0.3, 0.4) is 0 Å². The van der Waals surface area contributed by atoms with Gasteiger partial charge in [0, 0.05) is 0 Å². The minimum absolute atomic E-state index is 0.195. The maximum Gasteiger partial charge on any atom is 0.307 e. The second kappa shape index (κ2) is 5.53. The highest BCUT2D eigenvalue weighted by molar-refractivity contribution is 5.89. The number of carbonyl (C=O) groups excluding carboxylic acids is 1. The van der Waals surface area contributed by atoms with Crippen molar-refractivity contribution in [2.24, 2.45) is 11.8 Å². The van der Waals surface area contributed by atoms with E-state index < -0.39 is 11.9 Å². The van der Waals surface area contributed by atoms with Gasteiger partial charge in [0.25, 0.3) is 0 Å². The first kappa shape index (κ1) is 12.4. The standard InChI is InChI=1S/C13H15NO4/c15-12(10-8-11(10)13(16)17)14-6-7-18-9-4-2-1-3-5-9/h1-5,10-11H,6-8H2,(H,14,15)(H,16,17)/t10-,11+/m1/s1. The summed E-state index contributed by atoms with van der Waals surface area (Å²) in [5.74, 6) is -1.20. The number of rotatable bonds is 6. The Kier molecular flexibility index (Phi) is 3.82. The SMILES string of the molecule is O=C(O)[C@H]1C[C@H]1C(=O)NCCOc1ccccc1. The molecule has 1 fully saturated rings. The van der Waals surface area contributed by atoms with Crippen molar-refractivity contribution in [3.8, 4) is 5.75 Å². The molecule has 0 unspecified atom stereocenters. The van der Waals surface area contributed by atoms with Crippen molar-refractivity contribution < 1.29 is 19.4 Å². The lowest BCUT2D eigenvalue weighted by molar-refractivity contribution is -0.140. The monoisotopic (exact) mass is 249 g/mol. The normalized spacial score (nSPS) is 21.1. The van der Waals surface area contributed by atoms with Gasteiger partial charge < -0.3 is 15.2 Å². The van der Waals surface area contributed by atoms with Crippen LogP contribution in [0.25, 0.3) is 0 Å². The average Bonchev–Trinajstić information content (AvgIpc) is 3.16. The fourth-order valence-electron chi connectivity index (χ4n) is 1.75. The van der Waals surface area contributed by atoms with Crippen LogP contribution in [0.5, 0.6) is 5.75 Å². The quantitative estimate of drug-likeness (QED) is 0.734.